The fourth-order valence-corrected chi connectivity index (χ4v) is 2.33. The summed E-state index contributed by atoms with van der Waals surface area (Å²) in [6.07, 6.45) is 2.11. The summed E-state index contributed by atoms with van der Waals surface area (Å²) in [6, 6.07) is 0. The normalized spacial score (nSPS) is 20.2. The second-order valence-electron chi connectivity index (χ2n) is 4.58. The Bertz CT molecular complexity index is 425. The van der Waals surface area contributed by atoms with Crippen molar-refractivity contribution in [3.8, 4) is 0 Å². The summed E-state index contributed by atoms with van der Waals surface area (Å²) in [6.45, 7) is 8.67. The molecule has 0 radical (unpaired) electrons. The molecule has 1 aliphatic rings. The molecule has 2 heterocycles. The number of halogens is 1. The van der Waals surface area contributed by atoms with E-state index in [1.165, 1.54) is 0 Å². The van der Waals surface area contributed by atoms with E-state index in [-0.39, 0.29) is 6.10 Å². The van der Waals surface area contributed by atoms with Crippen LogP contribution < -0.4 is 4.90 Å². The zero-order chi connectivity index (χ0) is 13.1. The van der Waals surface area contributed by atoms with Gasteiger partial charge in [-0.05, 0) is 13.3 Å². The van der Waals surface area contributed by atoms with Gasteiger partial charge < -0.3 is 9.64 Å². The fourth-order valence-electron chi connectivity index (χ4n) is 2.15. The second-order valence-corrected chi connectivity index (χ2v) is 4.94. The van der Waals surface area contributed by atoms with Crippen molar-refractivity contribution in [2.45, 2.75) is 39.7 Å². The number of anilines is 1. The van der Waals surface area contributed by atoms with E-state index in [1.54, 1.807) is 0 Å². The number of hydrogen-bond acceptors (Lipinski definition) is 4. The van der Waals surface area contributed by atoms with Crippen LogP contribution in [0.2, 0.25) is 5.15 Å². The van der Waals surface area contributed by atoms with E-state index in [0.29, 0.717) is 5.15 Å². The van der Waals surface area contributed by atoms with Crippen molar-refractivity contribution in [3.63, 3.8) is 0 Å². The molecule has 1 aliphatic heterocycles. The highest BCUT2D eigenvalue weighted by molar-refractivity contribution is 6.30. The van der Waals surface area contributed by atoms with Crippen LogP contribution in [0.25, 0.3) is 0 Å². The van der Waals surface area contributed by atoms with E-state index < -0.39 is 0 Å². The topological polar surface area (TPSA) is 38.2 Å². The summed E-state index contributed by atoms with van der Waals surface area (Å²) >= 11 is 6.18. The van der Waals surface area contributed by atoms with Crippen molar-refractivity contribution < 1.29 is 4.74 Å². The van der Waals surface area contributed by atoms with Crippen LogP contribution in [-0.4, -0.2) is 35.8 Å². The Labute approximate surface area is 113 Å². The minimum Gasteiger partial charge on any atom is -0.375 e. The third kappa shape index (κ3) is 2.75. The summed E-state index contributed by atoms with van der Waals surface area (Å²) in [5.74, 6) is 1.77. The zero-order valence-corrected chi connectivity index (χ0v) is 12.0. The van der Waals surface area contributed by atoms with Crippen molar-refractivity contribution in [2.75, 3.05) is 24.6 Å². The Hall–Kier alpha value is -0.870. The Morgan fingerprint density at radius 3 is 2.83 bits per heavy atom. The molecule has 4 nitrogen and oxygen atoms in total. The van der Waals surface area contributed by atoms with Crippen LogP contribution in [0, 0.1) is 6.92 Å². The van der Waals surface area contributed by atoms with Gasteiger partial charge in [0, 0.05) is 25.1 Å². The van der Waals surface area contributed by atoms with Gasteiger partial charge in [0.05, 0.1) is 12.7 Å². The summed E-state index contributed by atoms with van der Waals surface area (Å²) < 4.78 is 5.69. The molecule has 0 amide bonds. The first-order valence-electron chi connectivity index (χ1n) is 6.55. The lowest BCUT2D eigenvalue weighted by Crippen LogP contribution is -2.43. The zero-order valence-electron chi connectivity index (χ0n) is 11.2. The number of hydrogen-bond donors (Lipinski definition) is 0. The van der Waals surface area contributed by atoms with E-state index in [2.05, 4.69) is 21.8 Å². The third-order valence-electron chi connectivity index (χ3n) is 3.32. The molecule has 0 spiro atoms. The van der Waals surface area contributed by atoms with Crippen LogP contribution >= 0.6 is 11.6 Å². The molecule has 1 atom stereocenters. The average Bonchev–Trinajstić information content (AvgIpc) is 2.41. The molecule has 0 aliphatic carbocycles. The molecule has 1 unspecified atom stereocenters. The maximum absolute atomic E-state index is 6.18. The summed E-state index contributed by atoms with van der Waals surface area (Å²) in [4.78, 5) is 11.2. The molecule has 1 aromatic heterocycles. The van der Waals surface area contributed by atoms with Gasteiger partial charge in [0.25, 0.3) is 0 Å². The van der Waals surface area contributed by atoms with Gasteiger partial charge in [-0.25, -0.2) is 9.97 Å². The third-order valence-corrected chi connectivity index (χ3v) is 3.68. The predicted molar refractivity (Wildman–Crippen MR) is 73.4 cm³/mol. The molecule has 0 bridgehead atoms. The summed E-state index contributed by atoms with van der Waals surface area (Å²) in [7, 11) is 0. The van der Waals surface area contributed by atoms with Crippen LogP contribution in [0.3, 0.4) is 0 Å². The molecule has 5 heteroatoms. The number of morpholine rings is 1. The minimum atomic E-state index is 0.289. The molecule has 1 saturated heterocycles. The van der Waals surface area contributed by atoms with Crippen molar-refractivity contribution in [2.24, 2.45) is 0 Å². The first kappa shape index (κ1) is 13.6. The smallest absolute Gasteiger partial charge is 0.137 e. The highest BCUT2D eigenvalue weighted by Gasteiger charge is 2.22. The molecular formula is C13H20ClN3O. The average molecular weight is 270 g/mol. The highest BCUT2D eigenvalue weighted by atomic mass is 35.5. The van der Waals surface area contributed by atoms with E-state index in [9.17, 15) is 0 Å². The van der Waals surface area contributed by atoms with Gasteiger partial charge in [-0.15, -0.1) is 0 Å². The lowest BCUT2D eigenvalue weighted by Gasteiger charge is -2.34. The first-order valence-corrected chi connectivity index (χ1v) is 6.93. The van der Waals surface area contributed by atoms with Gasteiger partial charge in [-0.2, -0.15) is 0 Å². The summed E-state index contributed by atoms with van der Waals surface area (Å²) in [5.41, 5.74) is 0.964. The number of nitrogens with zero attached hydrogens (tertiary/aromatic N) is 3. The van der Waals surface area contributed by atoms with Crippen LogP contribution in [-0.2, 0) is 11.2 Å². The molecule has 0 aromatic carbocycles. The van der Waals surface area contributed by atoms with Gasteiger partial charge in [0.2, 0.25) is 0 Å². The monoisotopic (exact) mass is 269 g/mol. The van der Waals surface area contributed by atoms with Gasteiger partial charge in [0.15, 0.2) is 0 Å². The number of aromatic nitrogens is 2. The van der Waals surface area contributed by atoms with Crippen LogP contribution in [0.4, 0.5) is 5.82 Å². The lowest BCUT2D eigenvalue weighted by atomic mass is 10.2. The molecule has 18 heavy (non-hydrogen) atoms. The maximum atomic E-state index is 6.18. The minimum absolute atomic E-state index is 0.289. The van der Waals surface area contributed by atoms with Gasteiger partial charge in [0.1, 0.15) is 16.8 Å². The molecule has 100 valence electrons. The van der Waals surface area contributed by atoms with Crippen molar-refractivity contribution in [1.29, 1.82) is 0 Å². The van der Waals surface area contributed by atoms with Gasteiger partial charge in [-0.3, -0.25) is 0 Å². The van der Waals surface area contributed by atoms with Crippen LogP contribution in [0.15, 0.2) is 0 Å². The molecule has 1 fully saturated rings. The number of ether oxygens (including phenoxy) is 1. The van der Waals surface area contributed by atoms with Crippen molar-refractivity contribution >= 4 is 17.4 Å². The molecular weight excluding hydrogens is 250 g/mol. The van der Waals surface area contributed by atoms with Crippen molar-refractivity contribution in [1.82, 2.24) is 9.97 Å². The summed E-state index contributed by atoms with van der Waals surface area (Å²) in [5, 5.41) is 0.566. The van der Waals surface area contributed by atoms with E-state index in [4.69, 9.17) is 16.3 Å². The Morgan fingerprint density at radius 2 is 2.17 bits per heavy atom. The highest BCUT2D eigenvalue weighted by Crippen LogP contribution is 2.25. The largest absolute Gasteiger partial charge is 0.375 e. The molecule has 2 rings (SSSR count). The lowest BCUT2D eigenvalue weighted by molar-refractivity contribution is 0.0381. The Balaban J connectivity index is 2.28. The SMILES string of the molecule is CCc1nc(Cl)c(C)c(N2CCOC(CC)C2)n1. The standard InChI is InChI=1S/C13H20ClN3O/c1-4-10-8-17(6-7-18-10)13-9(3)12(14)15-11(5-2)16-13/h10H,4-8H2,1-3H3. The fraction of sp³-hybridized carbons (Fsp3) is 0.692. The van der Waals surface area contributed by atoms with E-state index >= 15 is 0 Å². The number of aryl methyl sites for hydroxylation is 1. The maximum Gasteiger partial charge on any atom is 0.137 e. The van der Waals surface area contributed by atoms with Crippen LogP contribution in [0.5, 0.6) is 0 Å². The number of rotatable bonds is 3. The quantitative estimate of drug-likeness (QED) is 0.791. The van der Waals surface area contributed by atoms with Crippen LogP contribution in [0.1, 0.15) is 31.7 Å². The second kappa shape index (κ2) is 5.85. The molecule has 1 aromatic rings. The van der Waals surface area contributed by atoms with Gasteiger partial charge in [-0.1, -0.05) is 25.4 Å². The van der Waals surface area contributed by atoms with Crippen molar-refractivity contribution in [3.05, 3.63) is 16.5 Å². The van der Waals surface area contributed by atoms with E-state index in [0.717, 1.165) is 49.7 Å². The predicted octanol–water partition coefficient (Wildman–Crippen LogP) is 2.62. The van der Waals surface area contributed by atoms with E-state index in [1.807, 2.05) is 13.8 Å². The molecule has 0 saturated carbocycles. The first-order chi connectivity index (χ1) is 8.65. The van der Waals surface area contributed by atoms with Gasteiger partial charge >= 0.3 is 0 Å². The Morgan fingerprint density at radius 1 is 1.39 bits per heavy atom. The molecule has 0 N–H and O–H groups in total. The Kier molecular flexibility index (Phi) is 4.40.